The molecule has 0 N–H and O–H groups in total. The summed E-state index contributed by atoms with van der Waals surface area (Å²) in [5, 5.41) is 0.823. The van der Waals surface area contributed by atoms with Gasteiger partial charge in [0, 0.05) is 5.02 Å². The van der Waals surface area contributed by atoms with Gasteiger partial charge < -0.3 is 0 Å². The minimum Gasteiger partial charge on any atom is -0.0843 e. The van der Waals surface area contributed by atoms with Crippen molar-refractivity contribution >= 4 is 11.6 Å². The second-order valence-corrected chi connectivity index (χ2v) is 6.38. The van der Waals surface area contributed by atoms with Gasteiger partial charge in [0.05, 0.1) is 0 Å². The van der Waals surface area contributed by atoms with Gasteiger partial charge in [0.2, 0.25) is 0 Å². The predicted octanol–water partition coefficient (Wildman–Crippen LogP) is 6.40. The summed E-state index contributed by atoms with van der Waals surface area (Å²) < 4.78 is 0. The van der Waals surface area contributed by atoms with E-state index in [1.807, 2.05) is 6.07 Å². The standard InChI is InChI=1S/C19H21Cl/c1-3-13(2)18-10-9-17(20)12-19(18)16-6-4-5-15(11-16)14-7-8-14/h4-6,9-14H,3,7-8H2,1-2H3. The van der Waals surface area contributed by atoms with E-state index < -0.39 is 0 Å². The Balaban J connectivity index is 2.07. The zero-order valence-electron chi connectivity index (χ0n) is 12.2. The van der Waals surface area contributed by atoms with Gasteiger partial charge in [-0.3, -0.25) is 0 Å². The van der Waals surface area contributed by atoms with Crippen molar-refractivity contribution in [2.24, 2.45) is 0 Å². The van der Waals surface area contributed by atoms with Crippen LogP contribution in [0.15, 0.2) is 42.5 Å². The van der Waals surface area contributed by atoms with Crippen molar-refractivity contribution in [3.63, 3.8) is 0 Å². The third-order valence-electron chi connectivity index (χ3n) is 4.41. The highest BCUT2D eigenvalue weighted by Crippen LogP contribution is 2.42. The third kappa shape index (κ3) is 2.76. The molecule has 0 aliphatic heterocycles. The lowest BCUT2D eigenvalue weighted by molar-refractivity contribution is 0.735. The third-order valence-corrected chi connectivity index (χ3v) is 4.64. The highest BCUT2D eigenvalue weighted by molar-refractivity contribution is 6.30. The molecule has 1 aliphatic rings. The Hall–Kier alpha value is -1.27. The van der Waals surface area contributed by atoms with E-state index in [4.69, 9.17) is 11.6 Å². The second-order valence-electron chi connectivity index (χ2n) is 5.94. The molecular weight excluding hydrogens is 264 g/mol. The van der Waals surface area contributed by atoms with Crippen LogP contribution in [-0.4, -0.2) is 0 Å². The summed E-state index contributed by atoms with van der Waals surface area (Å²) in [7, 11) is 0. The van der Waals surface area contributed by atoms with Gasteiger partial charge in [0.1, 0.15) is 0 Å². The molecule has 0 saturated heterocycles. The fraction of sp³-hybridized carbons (Fsp3) is 0.368. The minimum absolute atomic E-state index is 0.562. The molecule has 1 fully saturated rings. The fourth-order valence-electron chi connectivity index (χ4n) is 2.80. The molecule has 0 spiro atoms. The van der Waals surface area contributed by atoms with Crippen molar-refractivity contribution in [1.82, 2.24) is 0 Å². The van der Waals surface area contributed by atoms with Gasteiger partial charge in [-0.1, -0.05) is 55.8 Å². The van der Waals surface area contributed by atoms with Gasteiger partial charge >= 0.3 is 0 Å². The molecule has 0 aromatic heterocycles. The lowest BCUT2D eigenvalue weighted by Gasteiger charge is -2.16. The number of hydrogen-bond acceptors (Lipinski definition) is 0. The van der Waals surface area contributed by atoms with Crippen LogP contribution in [0.25, 0.3) is 11.1 Å². The van der Waals surface area contributed by atoms with E-state index in [9.17, 15) is 0 Å². The molecule has 20 heavy (non-hydrogen) atoms. The average Bonchev–Trinajstić information content (AvgIpc) is 3.31. The van der Waals surface area contributed by atoms with Crippen LogP contribution < -0.4 is 0 Å². The number of rotatable bonds is 4. The van der Waals surface area contributed by atoms with Gasteiger partial charge in [-0.15, -0.1) is 0 Å². The van der Waals surface area contributed by atoms with E-state index in [0.717, 1.165) is 17.4 Å². The molecule has 1 unspecified atom stereocenters. The Morgan fingerprint density at radius 1 is 1.15 bits per heavy atom. The van der Waals surface area contributed by atoms with Crippen molar-refractivity contribution in [3.8, 4) is 11.1 Å². The minimum atomic E-state index is 0.562. The molecule has 104 valence electrons. The molecule has 1 atom stereocenters. The molecule has 0 radical (unpaired) electrons. The van der Waals surface area contributed by atoms with E-state index >= 15 is 0 Å². The molecule has 2 aromatic rings. The average molecular weight is 285 g/mol. The zero-order chi connectivity index (χ0) is 14.1. The molecule has 1 heteroatoms. The Morgan fingerprint density at radius 2 is 1.95 bits per heavy atom. The maximum absolute atomic E-state index is 6.23. The molecule has 1 aliphatic carbocycles. The summed E-state index contributed by atoms with van der Waals surface area (Å²) in [4.78, 5) is 0. The second kappa shape index (κ2) is 5.61. The number of hydrogen-bond donors (Lipinski definition) is 0. The van der Waals surface area contributed by atoms with E-state index in [1.165, 1.54) is 35.1 Å². The molecule has 2 aromatic carbocycles. The van der Waals surface area contributed by atoms with E-state index in [-0.39, 0.29) is 0 Å². The lowest BCUT2D eigenvalue weighted by atomic mass is 9.89. The van der Waals surface area contributed by atoms with Crippen LogP contribution in [0, 0.1) is 0 Å². The first-order valence-electron chi connectivity index (χ1n) is 7.58. The molecule has 0 amide bonds. The van der Waals surface area contributed by atoms with E-state index in [1.54, 1.807) is 0 Å². The van der Waals surface area contributed by atoms with Crippen LogP contribution in [0.3, 0.4) is 0 Å². The van der Waals surface area contributed by atoms with Gasteiger partial charge in [0.25, 0.3) is 0 Å². The Morgan fingerprint density at radius 3 is 2.65 bits per heavy atom. The van der Waals surface area contributed by atoms with Crippen LogP contribution in [0.1, 0.15) is 56.1 Å². The van der Waals surface area contributed by atoms with Crippen molar-refractivity contribution in [2.45, 2.75) is 44.9 Å². The normalized spacial score (nSPS) is 16.1. The van der Waals surface area contributed by atoms with Gasteiger partial charge in [-0.2, -0.15) is 0 Å². The molecule has 3 rings (SSSR count). The first kappa shape index (κ1) is 13.7. The fourth-order valence-corrected chi connectivity index (χ4v) is 2.98. The summed E-state index contributed by atoms with van der Waals surface area (Å²) in [6.45, 7) is 4.53. The highest BCUT2D eigenvalue weighted by Gasteiger charge is 2.23. The van der Waals surface area contributed by atoms with E-state index in [0.29, 0.717) is 5.92 Å². The van der Waals surface area contributed by atoms with Crippen LogP contribution in [-0.2, 0) is 0 Å². The van der Waals surface area contributed by atoms with Crippen LogP contribution in [0.5, 0.6) is 0 Å². The van der Waals surface area contributed by atoms with Gasteiger partial charge in [0.15, 0.2) is 0 Å². The lowest BCUT2D eigenvalue weighted by Crippen LogP contribution is -1.95. The molecule has 0 bridgehead atoms. The zero-order valence-corrected chi connectivity index (χ0v) is 13.0. The van der Waals surface area contributed by atoms with Crippen LogP contribution in [0.4, 0.5) is 0 Å². The molecule has 0 heterocycles. The SMILES string of the molecule is CCC(C)c1ccc(Cl)cc1-c1cccc(C2CC2)c1. The number of halogens is 1. The topological polar surface area (TPSA) is 0 Å². The first-order chi connectivity index (χ1) is 9.69. The molecular formula is C19H21Cl. The van der Waals surface area contributed by atoms with Gasteiger partial charge in [-0.25, -0.2) is 0 Å². The summed E-state index contributed by atoms with van der Waals surface area (Å²) >= 11 is 6.23. The largest absolute Gasteiger partial charge is 0.0843 e. The van der Waals surface area contributed by atoms with Crippen molar-refractivity contribution in [3.05, 3.63) is 58.6 Å². The summed E-state index contributed by atoms with van der Waals surface area (Å²) in [5.74, 6) is 1.35. The van der Waals surface area contributed by atoms with Crippen molar-refractivity contribution < 1.29 is 0 Å². The summed E-state index contributed by atoms with van der Waals surface area (Å²) in [6, 6.07) is 15.3. The molecule has 0 nitrogen and oxygen atoms in total. The maximum atomic E-state index is 6.23. The first-order valence-corrected chi connectivity index (χ1v) is 7.96. The smallest absolute Gasteiger partial charge is 0.0412 e. The van der Waals surface area contributed by atoms with Crippen LogP contribution in [0.2, 0.25) is 5.02 Å². The highest BCUT2D eigenvalue weighted by atomic mass is 35.5. The monoisotopic (exact) mass is 284 g/mol. The summed E-state index contributed by atoms with van der Waals surface area (Å²) in [6.07, 6.45) is 3.84. The molecule has 1 saturated carbocycles. The van der Waals surface area contributed by atoms with Crippen molar-refractivity contribution in [2.75, 3.05) is 0 Å². The van der Waals surface area contributed by atoms with Gasteiger partial charge in [-0.05, 0) is 65.5 Å². The van der Waals surface area contributed by atoms with Crippen LogP contribution >= 0.6 is 11.6 Å². The Kier molecular flexibility index (Phi) is 3.85. The summed E-state index contributed by atoms with van der Waals surface area (Å²) in [5.41, 5.74) is 5.50. The van der Waals surface area contributed by atoms with Crippen molar-refractivity contribution in [1.29, 1.82) is 0 Å². The predicted molar refractivity (Wildman–Crippen MR) is 87.6 cm³/mol. The Labute approximate surface area is 126 Å². The quantitative estimate of drug-likeness (QED) is 0.609. The maximum Gasteiger partial charge on any atom is 0.0412 e. The Bertz CT molecular complexity index is 611. The number of benzene rings is 2. The van der Waals surface area contributed by atoms with E-state index in [2.05, 4.69) is 50.2 Å².